The predicted octanol–water partition coefficient (Wildman–Crippen LogP) is 1.28. The number of hydrogen-bond acceptors (Lipinski definition) is 3. The van der Waals surface area contributed by atoms with Crippen LogP contribution in [0, 0.1) is 11.0 Å². The Bertz CT molecular complexity index is 749. The van der Waals surface area contributed by atoms with Gasteiger partial charge >= 0.3 is 0 Å². The second-order valence-corrected chi connectivity index (χ2v) is 5.82. The van der Waals surface area contributed by atoms with Crippen LogP contribution in [0.25, 0.3) is 0 Å². The molecule has 25 heavy (non-hydrogen) atoms. The van der Waals surface area contributed by atoms with Crippen LogP contribution in [0.2, 0.25) is 0 Å². The normalized spacial score (nSPS) is 11.6. The highest BCUT2D eigenvalue weighted by Gasteiger charge is 2.17. The van der Waals surface area contributed by atoms with Crippen molar-refractivity contribution in [2.24, 2.45) is 0 Å². The number of amides is 2. The first-order valence-electron chi connectivity index (χ1n) is 7.84. The van der Waals surface area contributed by atoms with Crippen LogP contribution in [0.3, 0.4) is 0 Å². The first-order valence-corrected chi connectivity index (χ1v) is 7.84. The van der Waals surface area contributed by atoms with Crippen molar-refractivity contribution in [2.45, 2.75) is 19.4 Å². The van der Waals surface area contributed by atoms with Crippen molar-refractivity contribution in [1.29, 1.82) is 0 Å². The smallest absolute Gasteiger partial charge is 0.257 e. The molecule has 1 aromatic heterocycles. The Morgan fingerprint density at radius 2 is 1.96 bits per heavy atom. The van der Waals surface area contributed by atoms with Crippen molar-refractivity contribution in [1.82, 2.24) is 10.2 Å². The van der Waals surface area contributed by atoms with Gasteiger partial charge in [-0.1, -0.05) is 12.1 Å². The number of carbonyl (C=O) groups is 2. The molecule has 2 aromatic rings. The summed E-state index contributed by atoms with van der Waals surface area (Å²) in [5, 5.41) is 13.9. The Balaban J connectivity index is 1.86. The third-order valence-corrected chi connectivity index (χ3v) is 3.92. The van der Waals surface area contributed by atoms with Crippen molar-refractivity contribution in [3.8, 4) is 0 Å². The summed E-state index contributed by atoms with van der Waals surface area (Å²) >= 11 is 0. The molecule has 0 radical (unpaired) electrons. The van der Waals surface area contributed by atoms with Crippen LogP contribution in [0.5, 0.6) is 0 Å². The van der Waals surface area contributed by atoms with E-state index in [0.29, 0.717) is 4.73 Å². The number of likely N-dealkylation sites (N-methyl/N-ethyl adjacent to an activating group) is 1. The summed E-state index contributed by atoms with van der Waals surface area (Å²) in [7, 11) is 1.65. The van der Waals surface area contributed by atoms with Crippen molar-refractivity contribution in [3.05, 3.63) is 70.9 Å². The fourth-order valence-electron chi connectivity index (χ4n) is 2.22. The lowest BCUT2D eigenvalue weighted by atomic mass is 10.1. The molecule has 132 valence electrons. The number of benzene rings is 1. The molecule has 1 N–H and O–H groups in total. The van der Waals surface area contributed by atoms with Crippen LogP contribution >= 0.6 is 0 Å². The van der Waals surface area contributed by atoms with Crippen molar-refractivity contribution in [3.63, 3.8) is 0 Å². The molecule has 0 aliphatic heterocycles. The molecule has 1 atom stereocenters. The van der Waals surface area contributed by atoms with Gasteiger partial charge in [0.2, 0.25) is 5.91 Å². The zero-order valence-corrected chi connectivity index (χ0v) is 14.1. The van der Waals surface area contributed by atoms with Gasteiger partial charge in [0.1, 0.15) is 11.4 Å². The molecule has 0 saturated carbocycles. The second kappa shape index (κ2) is 8.23. The Hall–Kier alpha value is -2.96. The van der Waals surface area contributed by atoms with Gasteiger partial charge in [0, 0.05) is 25.7 Å². The number of nitrogens with one attached hydrogen (secondary N) is 1. The summed E-state index contributed by atoms with van der Waals surface area (Å²) in [6.45, 7) is 2.06. The van der Waals surface area contributed by atoms with Gasteiger partial charge in [-0.15, -0.1) is 0 Å². The van der Waals surface area contributed by atoms with Gasteiger partial charge < -0.3 is 15.4 Å². The van der Waals surface area contributed by atoms with E-state index in [1.165, 1.54) is 41.6 Å². The van der Waals surface area contributed by atoms with E-state index in [1.54, 1.807) is 19.2 Å². The van der Waals surface area contributed by atoms with Crippen molar-refractivity contribution in [2.75, 3.05) is 13.6 Å². The summed E-state index contributed by atoms with van der Waals surface area (Å²) in [5.41, 5.74) is 0.976. The summed E-state index contributed by atoms with van der Waals surface area (Å²) in [6.07, 6.45) is 2.63. The average Bonchev–Trinajstić information content (AvgIpc) is 2.60. The van der Waals surface area contributed by atoms with Crippen LogP contribution in [-0.2, 0) is 11.2 Å². The molecular weight excluding hydrogens is 325 g/mol. The van der Waals surface area contributed by atoms with Gasteiger partial charge in [0.05, 0.1) is 6.42 Å². The van der Waals surface area contributed by atoms with Gasteiger partial charge in [-0.2, -0.15) is 4.73 Å². The van der Waals surface area contributed by atoms with E-state index < -0.39 is 0 Å². The summed E-state index contributed by atoms with van der Waals surface area (Å²) < 4.78 is 13.4. The Labute approximate surface area is 145 Å². The zero-order chi connectivity index (χ0) is 18.4. The van der Waals surface area contributed by atoms with E-state index in [0.717, 1.165) is 5.56 Å². The van der Waals surface area contributed by atoms with Crippen LogP contribution in [0.15, 0.2) is 48.8 Å². The molecule has 0 saturated heterocycles. The minimum absolute atomic E-state index is 0.134. The van der Waals surface area contributed by atoms with Crippen LogP contribution in [0.4, 0.5) is 4.39 Å². The first kappa shape index (κ1) is 18.4. The minimum atomic E-state index is -0.378. The topological polar surface area (TPSA) is 76.4 Å². The Kier molecular flexibility index (Phi) is 6.05. The van der Waals surface area contributed by atoms with Gasteiger partial charge in [0.15, 0.2) is 12.4 Å². The molecular formula is C18H20FN3O3. The molecule has 1 aromatic carbocycles. The van der Waals surface area contributed by atoms with E-state index >= 15 is 0 Å². The quantitative estimate of drug-likeness (QED) is 0.633. The SMILES string of the molecule is C[C@@H](CNC(=O)c1ccc[n+]([O-])c1)N(C)C(=O)Cc1ccc(F)cc1. The number of pyridine rings is 1. The molecule has 0 fully saturated rings. The molecule has 7 heteroatoms. The molecule has 0 spiro atoms. The number of carbonyl (C=O) groups excluding carboxylic acids is 2. The molecule has 0 aliphatic carbocycles. The van der Waals surface area contributed by atoms with Gasteiger partial charge in [-0.25, -0.2) is 4.39 Å². The highest BCUT2D eigenvalue weighted by molar-refractivity contribution is 5.93. The molecule has 6 nitrogen and oxygen atoms in total. The lowest BCUT2D eigenvalue weighted by molar-refractivity contribution is -0.605. The lowest BCUT2D eigenvalue weighted by Gasteiger charge is -2.25. The number of aromatic nitrogens is 1. The first-order chi connectivity index (χ1) is 11.9. The number of nitrogens with zero attached hydrogens (tertiary/aromatic N) is 2. The highest BCUT2D eigenvalue weighted by Crippen LogP contribution is 2.07. The fraction of sp³-hybridized carbons (Fsp3) is 0.278. The van der Waals surface area contributed by atoms with E-state index in [2.05, 4.69) is 5.32 Å². The molecule has 1 heterocycles. The summed E-state index contributed by atoms with van der Waals surface area (Å²) in [4.78, 5) is 25.8. The third-order valence-electron chi connectivity index (χ3n) is 3.92. The monoisotopic (exact) mass is 345 g/mol. The van der Waals surface area contributed by atoms with Crippen LogP contribution in [-0.4, -0.2) is 36.3 Å². The average molecular weight is 345 g/mol. The van der Waals surface area contributed by atoms with Crippen molar-refractivity contribution < 1.29 is 18.7 Å². The summed E-state index contributed by atoms with van der Waals surface area (Å²) in [6, 6.07) is 8.56. The maximum Gasteiger partial charge on any atom is 0.257 e. The maximum atomic E-state index is 12.9. The number of hydrogen-bond donors (Lipinski definition) is 1. The summed E-state index contributed by atoms with van der Waals surface area (Å²) in [5.74, 6) is -0.858. The zero-order valence-electron chi connectivity index (χ0n) is 14.1. The minimum Gasteiger partial charge on any atom is -0.619 e. The van der Waals surface area contributed by atoms with Crippen molar-refractivity contribution >= 4 is 11.8 Å². The van der Waals surface area contributed by atoms with E-state index in [9.17, 15) is 19.2 Å². The fourth-order valence-corrected chi connectivity index (χ4v) is 2.22. The van der Waals surface area contributed by atoms with E-state index in [-0.39, 0.29) is 42.2 Å². The van der Waals surface area contributed by atoms with Crippen LogP contribution in [0.1, 0.15) is 22.8 Å². The number of halogens is 1. The number of rotatable bonds is 6. The van der Waals surface area contributed by atoms with Gasteiger partial charge in [-0.3, -0.25) is 9.59 Å². The largest absolute Gasteiger partial charge is 0.619 e. The Morgan fingerprint density at radius 3 is 2.60 bits per heavy atom. The second-order valence-electron chi connectivity index (χ2n) is 5.82. The maximum absolute atomic E-state index is 12.9. The van der Waals surface area contributed by atoms with Gasteiger partial charge in [0.25, 0.3) is 5.91 Å². The van der Waals surface area contributed by atoms with Crippen LogP contribution < -0.4 is 10.0 Å². The molecule has 0 unspecified atom stereocenters. The standard InChI is InChI=1S/C18H20FN3O3/c1-13(11-20-18(24)15-4-3-9-22(25)12-15)21(2)17(23)10-14-5-7-16(19)8-6-14/h3-9,12-13H,10-11H2,1-2H3,(H,20,24)/t13-/m0/s1. The van der Waals surface area contributed by atoms with E-state index in [4.69, 9.17) is 0 Å². The highest BCUT2D eigenvalue weighted by atomic mass is 19.1. The molecule has 2 rings (SSSR count). The van der Waals surface area contributed by atoms with E-state index in [1.807, 2.05) is 6.92 Å². The molecule has 0 aliphatic rings. The molecule has 0 bridgehead atoms. The molecule has 2 amide bonds. The van der Waals surface area contributed by atoms with Gasteiger partial charge in [-0.05, 0) is 30.7 Å². The lowest BCUT2D eigenvalue weighted by Crippen LogP contribution is -2.44. The Morgan fingerprint density at radius 1 is 1.28 bits per heavy atom. The predicted molar refractivity (Wildman–Crippen MR) is 90.1 cm³/mol. The third kappa shape index (κ3) is 5.27.